The van der Waals surface area contributed by atoms with Crippen LogP contribution in [0, 0.1) is 13.8 Å². The first-order valence-corrected chi connectivity index (χ1v) is 6.92. The molecule has 4 heteroatoms. The van der Waals surface area contributed by atoms with Crippen LogP contribution < -0.4 is 10.5 Å². The number of hydrogen-bond donors (Lipinski definition) is 1. The molecule has 0 saturated heterocycles. The van der Waals surface area contributed by atoms with Crippen molar-refractivity contribution in [2.75, 3.05) is 6.61 Å². The van der Waals surface area contributed by atoms with Gasteiger partial charge in [-0.25, -0.2) is 4.98 Å². The molecule has 0 bridgehead atoms. The molecule has 1 aliphatic heterocycles. The number of rotatable bonds is 2. The molecule has 2 heterocycles. The molecule has 1 atom stereocenters. The molecule has 0 amide bonds. The van der Waals surface area contributed by atoms with Crippen molar-refractivity contribution in [1.29, 1.82) is 0 Å². The number of benzene rings is 1. The fourth-order valence-electron chi connectivity index (χ4n) is 2.39. The molecule has 3 rings (SSSR count). The molecular formula is C14H16N2OS. The van der Waals surface area contributed by atoms with Crippen molar-refractivity contribution in [3.8, 4) is 5.75 Å². The third kappa shape index (κ3) is 1.91. The average molecular weight is 260 g/mol. The number of nitrogens with zero attached hydrogens (tertiary/aromatic N) is 1. The first kappa shape index (κ1) is 11.7. The van der Waals surface area contributed by atoms with Crippen LogP contribution in [-0.2, 0) is 6.42 Å². The second-order valence-electron chi connectivity index (χ2n) is 4.63. The Morgan fingerprint density at radius 2 is 2.22 bits per heavy atom. The lowest BCUT2D eigenvalue weighted by molar-refractivity contribution is 0.357. The summed E-state index contributed by atoms with van der Waals surface area (Å²) in [4.78, 5) is 5.60. The maximum atomic E-state index is 6.35. The summed E-state index contributed by atoms with van der Waals surface area (Å²) in [7, 11) is 0. The van der Waals surface area contributed by atoms with Gasteiger partial charge in [0.1, 0.15) is 5.75 Å². The minimum atomic E-state index is -0.0814. The Hall–Kier alpha value is -1.39. The van der Waals surface area contributed by atoms with Crippen LogP contribution in [0.5, 0.6) is 5.75 Å². The lowest BCUT2D eigenvalue weighted by Gasteiger charge is -2.12. The van der Waals surface area contributed by atoms with Crippen molar-refractivity contribution in [2.45, 2.75) is 26.3 Å². The molecule has 2 aromatic rings. The van der Waals surface area contributed by atoms with Gasteiger partial charge in [0, 0.05) is 11.3 Å². The predicted octanol–water partition coefficient (Wildman–Crippen LogP) is 2.74. The number of hydrogen-bond acceptors (Lipinski definition) is 4. The quantitative estimate of drug-likeness (QED) is 0.903. The van der Waals surface area contributed by atoms with Crippen molar-refractivity contribution in [2.24, 2.45) is 5.73 Å². The van der Waals surface area contributed by atoms with Gasteiger partial charge in [0.25, 0.3) is 0 Å². The number of aromatic nitrogens is 1. The molecule has 1 aromatic carbocycles. The Labute approximate surface area is 111 Å². The number of aryl methyl sites for hydroxylation is 2. The lowest BCUT2D eigenvalue weighted by atomic mass is 10.0. The van der Waals surface area contributed by atoms with Crippen molar-refractivity contribution in [3.05, 3.63) is 44.9 Å². The molecule has 0 saturated carbocycles. The Balaban J connectivity index is 1.97. The highest BCUT2D eigenvalue weighted by Gasteiger charge is 2.18. The van der Waals surface area contributed by atoms with E-state index in [1.807, 2.05) is 19.9 Å². The van der Waals surface area contributed by atoms with Crippen LogP contribution in [0.25, 0.3) is 0 Å². The van der Waals surface area contributed by atoms with Gasteiger partial charge in [-0.05, 0) is 31.0 Å². The van der Waals surface area contributed by atoms with Crippen LogP contribution in [0.1, 0.15) is 32.7 Å². The maximum Gasteiger partial charge on any atom is 0.122 e. The third-order valence-electron chi connectivity index (χ3n) is 3.29. The molecule has 94 valence electrons. The van der Waals surface area contributed by atoms with Crippen molar-refractivity contribution in [1.82, 2.24) is 4.98 Å². The SMILES string of the molecule is Cc1nc(C)c(C(N)c2ccc3c(c2)CCO3)s1. The maximum absolute atomic E-state index is 6.35. The van der Waals surface area contributed by atoms with Crippen molar-refractivity contribution in [3.63, 3.8) is 0 Å². The van der Waals surface area contributed by atoms with E-state index in [1.165, 1.54) is 5.56 Å². The van der Waals surface area contributed by atoms with Gasteiger partial charge in [0.2, 0.25) is 0 Å². The van der Waals surface area contributed by atoms with Crippen LogP contribution >= 0.6 is 11.3 Å². The topological polar surface area (TPSA) is 48.1 Å². The second kappa shape index (κ2) is 4.37. The summed E-state index contributed by atoms with van der Waals surface area (Å²) in [6.07, 6.45) is 0.983. The van der Waals surface area contributed by atoms with E-state index in [2.05, 4.69) is 17.1 Å². The first-order chi connectivity index (χ1) is 8.65. The van der Waals surface area contributed by atoms with Crippen LogP contribution in [0.2, 0.25) is 0 Å². The summed E-state index contributed by atoms with van der Waals surface area (Å²) in [5.41, 5.74) is 9.81. The van der Waals surface area contributed by atoms with Gasteiger partial charge in [-0.15, -0.1) is 11.3 Å². The molecule has 3 nitrogen and oxygen atoms in total. The minimum Gasteiger partial charge on any atom is -0.493 e. The molecule has 0 aliphatic carbocycles. The van der Waals surface area contributed by atoms with E-state index in [-0.39, 0.29) is 6.04 Å². The van der Waals surface area contributed by atoms with E-state index in [4.69, 9.17) is 10.5 Å². The summed E-state index contributed by atoms with van der Waals surface area (Å²) in [6.45, 7) is 4.83. The molecule has 0 fully saturated rings. The fourth-order valence-corrected chi connectivity index (χ4v) is 3.34. The van der Waals surface area contributed by atoms with E-state index in [0.29, 0.717) is 0 Å². The molecule has 1 aliphatic rings. The second-order valence-corrected chi connectivity index (χ2v) is 5.86. The Bertz CT molecular complexity index is 591. The summed E-state index contributed by atoms with van der Waals surface area (Å²) >= 11 is 1.68. The normalized spacial score (nSPS) is 15.3. The largest absolute Gasteiger partial charge is 0.493 e. The highest BCUT2D eigenvalue weighted by Crippen LogP contribution is 2.32. The highest BCUT2D eigenvalue weighted by atomic mass is 32.1. The molecule has 1 aromatic heterocycles. The summed E-state index contributed by atoms with van der Waals surface area (Å²) in [5, 5.41) is 1.07. The highest BCUT2D eigenvalue weighted by molar-refractivity contribution is 7.11. The van der Waals surface area contributed by atoms with Crippen LogP contribution in [0.15, 0.2) is 18.2 Å². The van der Waals surface area contributed by atoms with Gasteiger partial charge < -0.3 is 10.5 Å². The van der Waals surface area contributed by atoms with Gasteiger partial charge in [-0.1, -0.05) is 12.1 Å². The zero-order valence-electron chi connectivity index (χ0n) is 10.6. The van der Waals surface area contributed by atoms with Crippen LogP contribution in [-0.4, -0.2) is 11.6 Å². The Morgan fingerprint density at radius 1 is 1.39 bits per heavy atom. The van der Waals surface area contributed by atoms with Crippen LogP contribution in [0.3, 0.4) is 0 Å². The minimum absolute atomic E-state index is 0.0814. The number of thiazole rings is 1. The van der Waals surface area contributed by atoms with E-state index in [0.717, 1.165) is 39.9 Å². The van der Waals surface area contributed by atoms with Gasteiger partial charge in [0.05, 0.1) is 23.4 Å². The van der Waals surface area contributed by atoms with Gasteiger partial charge in [-0.2, -0.15) is 0 Å². The van der Waals surface area contributed by atoms with E-state index < -0.39 is 0 Å². The van der Waals surface area contributed by atoms with Gasteiger partial charge >= 0.3 is 0 Å². The molecule has 2 N–H and O–H groups in total. The monoisotopic (exact) mass is 260 g/mol. The summed E-state index contributed by atoms with van der Waals surface area (Å²) < 4.78 is 5.52. The average Bonchev–Trinajstić information content (AvgIpc) is 2.93. The first-order valence-electron chi connectivity index (χ1n) is 6.10. The molecule has 0 radical (unpaired) electrons. The fraction of sp³-hybridized carbons (Fsp3) is 0.357. The van der Waals surface area contributed by atoms with Crippen LogP contribution in [0.4, 0.5) is 0 Å². The van der Waals surface area contributed by atoms with E-state index in [9.17, 15) is 0 Å². The van der Waals surface area contributed by atoms with E-state index >= 15 is 0 Å². The van der Waals surface area contributed by atoms with Crippen molar-refractivity contribution < 1.29 is 4.74 Å². The standard InChI is InChI=1S/C14H16N2OS/c1-8-14(18-9(2)16-8)13(15)11-3-4-12-10(7-11)5-6-17-12/h3-4,7,13H,5-6,15H2,1-2H3. The van der Waals surface area contributed by atoms with E-state index in [1.54, 1.807) is 11.3 Å². The van der Waals surface area contributed by atoms with Gasteiger partial charge in [-0.3, -0.25) is 0 Å². The number of nitrogens with two attached hydrogens (primary N) is 1. The lowest BCUT2D eigenvalue weighted by Crippen LogP contribution is -2.11. The zero-order chi connectivity index (χ0) is 12.7. The molecule has 0 spiro atoms. The smallest absolute Gasteiger partial charge is 0.122 e. The Kier molecular flexibility index (Phi) is 2.84. The van der Waals surface area contributed by atoms with Gasteiger partial charge in [0.15, 0.2) is 0 Å². The summed E-state index contributed by atoms with van der Waals surface area (Å²) in [5.74, 6) is 1.00. The zero-order valence-corrected chi connectivity index (χ0v) is 11.4. The molecular weight excluding hydrogens is 244 g/mol. The number of fused-ring (bicyclic) bond motifs is 1. The Morgan fingerprint density at radius 3 is 2.94 bits per heavy atom. The number of ether oxygens (including phenoxy) is 1. The molecule has 1 unspecified atom stereocenters. The van der Waals surface area contributed by atoms with Crippen molar-refractivity contribution >= 4 is 11.3 Å². The predicted molar refractivity (Wildman–Crippen MR) is 73.3 cm³/mol. The summed E-state index contributed by atoms with van der Waals surface area (Å²) in [6, 6.07) is 6.17. The molecule has 18 heavy (non-hydrogen) atoms. The third-order valence-corrected chi connectivity index (χ3v) is 4.45.